The Morgan fingerprint density at radius 3 is 2.48 bits per heavy atom. The minimum Gasteiger partial charge on any atom is -0.349 e. The second-order valence-electron chi connectivity index (χ2n) is 5.75. The third-order valence-electron chi connectivity index (χ3n) is 3.63. The number of rotatable bonds is 5. The van der Waals surface area contributed by atoms with Crippen LogP contribution in [0.2, 0.25) is 0 Å². The molecule has 25 heavy (non-hydrogen) atoms. The Morgan fingerprint density at radius 2 is 1.84 bits per heavy atom. The van der Waals surface area contributed by atoms with E-state index in [1.807, 2.05) is 36.4 Å². The van der Waals surface area contributed by atoms with E-state index in [9.17, 15) is 9.59 Å². The van der Waals surface area contributed by atoms with Gasteiger partial charge in [0.1, 0.15) is 0 Å². The van der Waals surface area contributed by atoms with Crippen molar-refractivity contribution < 1.29 is 9.59 Å². The summed E-state index contributed by atoms with van der Waals surface area (Å²) in [4.78, 5) is 25.9. The molecule has 0 fully saturated rings. The van der Waals surface area contributed by atoms with Crippen LogP contribution in [0, 0.1) is 11.3 Å². The molecule has 128 valence electrons. The molecule has 0 spiro atoms. The van der Waals surface area contributed by atoms with Crippen molar-refractivity contribution in [1.29, 1.82) is 5.26 Å². The zero-order chi connectivity index (χ0) is 18.2. The number of urea groups is 1. The van der Waals surface area contributed by atoms with Crippen LogP contribution in [0.25, 0.3) is 0 Å². The second-order valence-corrected chi connectivity index (χ2v) is 5.75. The smallest absolute Gasteiger partial charge is 0.319 e. The van der Waals surface area contributed by atoms with E-state index in [1.54, 1.807) is 38.4 Å². The third kappa shape index (κ3) is 5.36. The minimum atomic E-state index is -0.449. The number of benzene rings is 2. The Balaban J connectivity index is 2.11. The maximum Gasteiger partial charge on any atom is 0.319 e. The van der Waals surface area contributed by atoms with Gasteiger partial charge in [0.05, 0.1) is 24.1 Å². The average molecular weight is 336 g/mol. The normalized spacial score (nSPS) is 11.1. The number of carbonyl (C=O) groups is 2. The molecule has 0 unspecified atom stereocenters. The molecule has 2 N–H and O–H groups in total. The molecular weight excluding hydrogens is 316 g/mol. The van der Waals surface area contributed by atoms with Gasteiger partial charge in [0.15, 0.2) is 0 Å². The highest BCUT2D eigenvalue weighted by atomic mass is 16.2. The van der Waals surface area contributed by atoms with Crippen LogP contribution in [0.15, 0.2) is 54.6 Å². The Morgan fingerprint density at radius 1 is 1.12 bits per heavy atom. The number of nitriles is 1. The standard InChI is InChI=1S/C19H20N4O2/c1-23(2)18(24)12-17(15-8-4-3-5-9-15)22-19(25)21-16-10-6-7-14(11-16)13-20/h3-11,17H,12H2,1-2H3,(H2,21,22,25)/t17-/m0/s1. The van der Waals surface area contributed by atoms with E-state index in [0.717, 1.165) is 5.56 Å². The third-order valence-corrected chi connectivity index (χ3v) is 3.63. The quantitative estimate of drug-likeness (QED) is 0.880. The summed E-state index contributed by atoms with van der Waals surface area (Å²) < 4.78 is 0. The van der Waals surface area contributed by atoms with Crippen molar-refractivity contribution in [2.45, 2.75) is 12.5 Å². The van der Waals surface area contributed by atoms with Crippen molar-refractivity contribution in [3.8, 4) is 6.07 Å². The maximum absolute atomic E-state index is 12.3. The SMILES string of the molecule is CN(C)C(=O)C[C@H](NC(=O)Nc1cccc(C#N)c1)c1ccccc1. The zero-order valence-corrected chi connectivity index (χ0v) is 14.2. The van der Waals surface area contributed by atoms with Crippen LogP contribution < -0.4 is 10.6 Å². The predicted octanol–water partition coefficient (Wildman–Crippen LogP) is 2.90. The van der Waals surface area contributed by atoms with E-state index >= 15 is 0 Å². The molecule has 0 saturated heterocycles. The Labute approximate surface area is 147 Å². The lowest BCUT2D eigenvalue weighted by molar-refractivity contribution is -0.129. The van der Waals surface area contributed by atoms with Gasteiger partial charge in [-0.3, -0.25) is 4.79 Å². The van der Waals surface area contributed by atoms with Gasteiger partial charge in [-0.05, 0) is 23.8 Å². The first-order valence-corrected chi connectivity index (χ1v) is 7.82. The first kappa shape index (κ1) is 18.0. The number of anilines is 1. The molecule has 6 heteroatoms. The number of amides is 3. The van der Waals surface area contributed by atoms with Crippen LogP contribution in [0.4, 0.5) is 10.5 Å². The summed E-state index contributed by atoms with van der Waals surface area (Å²) in [5.41, 5.74) is 1.82. The number of hydrogen-bond acceptors (Lipinski definition) is 3. The van der Waals surface area contributed by atoms with Crippen molar-refractivity contribution in [3.05, 3.63) is 65.7 Å². The zero-order valence-electron chi connectivity index (χ0n) is 14.2. The highest BCUT2D eigenvalue weighted by Gasteiger charge is 2.19. The molecule has 2 rings (SSSR count). The molecule has 0 aromatic heterocycles. The van der Waals surface area contributed by atoms with E-state index in [0.29, 0.717) is 11.3 Å². The minimum absolute atomic E-state index is 0.0827. The summed E-state index contributed by atoms with van der Waals surface area (Å²) in [7, 11) is 3.36. The lowest BCUT2D eigenvalue weighted by Gasteiger charge is -2.21. The van der Waals surface area contributed by atoms with Gasteiger partial charge in [-0.25, -0.2) is 4.79 Å². The Hall–Kier alpha value is -3.33. The second kappa shape index (κ2) is 8.50. The van der Waals surface area contributed by atoms with Gasteiger partial charge in [0, 0.05) is 19.8 Å². The van der Waals surface area contributed by atoms with Crippen LogP contribution in [0.5, 0.6) is 0 Å². The molecule has 6 nitrogen and oxygen atoms in total. The fraction of sp³-hybridized carbons (Fsp3) is 0.211. The van der Waals surface area contributed by atoms with E-state index in [1.165, 1.54) is 4.90 Å². The van der Waals surface area contributed by atoms with Crippen LogP contribution in [0.1, 0.15) is 23.6 Å². The summed E-state index contributed by atoms with van der Waals surface area (Å²) in [6, 6.07) is 17.1. The van der Waals surface area contributed by atoms with Crippen molar-refractivity contribution in [2.24, 2.45) is 0 Å². The molecule has 0 radical (unpaired) electrons. The molecule has 2 aromatic rings. The fourth-order valence-corrected chi connectivity index (χ4v) is 2.29. The van der Waals surface area contributed by atoms with Gasteiger partial charge < -0.3 is 15.5 Å². The molecular formula is C19H20N4O2. The summed E-state index contributed by atoms with van der Waals surface area (Å²) in [5, 5.41) is 14.4. The Bertz CT molecular complexity index is 782. The van der Waals surface area contributed by atoms with Crippen LogP contribution in [0.3, 0.4) is 0 Å². The molecule has 1 atom stereocenters. The van der Waals surface area contributed by atoms with Crippen molar-refractivity contribution in [2.75, 3.05) is 19.4 Å². The van der Waals surface area contributed by atoms with E-state index in [2.05, 4.69) is 10.6 Å². The Kier molecular flexibility index (Phi) is 6.13. The monoisotopic (exact) mass is 336 g/mol. The van der Waals surface area contributed by atoms with E-state index < -0.39 is 12.1 Å². The summed E-state index contributed by atoms with van der Waals surface area (Å²) >= 11 is 0. The van der Waals surface area contributed by atoms with Crippen LogP contribution >= 0.6 is 0 Å². The highest BCUT2D eigenvalue weighted by Crippen LogP contribution is 2.18. The van der Waals surface area contributed by atoms with Crippen LogP contribution in [-0.2, 0) is 4.79 Å². The topological polar surface area (TPSA) is 85.2 Å². The average Bonchev–Trinajstić information content (AvgIpc) is 2.61. The predicted molar refractivity (Wildman–Crippen MR) is 95.8 cm³/mol. The lowest BCUT2D eigenvalue weighted by atomic mass is 10.0. The number of carbonyl (C=O) groups excluding carboxylic acids is 2. The summed E-state index contributed by atoms with van der Waals surface area (Å²) in [5.74, 6) is -0.0827. The number of nitrogens with zero attached hydrogens (tertiary/aromatic N) is 2. The largest absolute Gasteiger partial charge is 0.349 e. The summed E-state index contributed by atoms with van der Waals surface area (Å²) in [6.07, 6.45) is 0.155. The van der Waals surface area contributed by atoms with Crippen molar-refractivity contribution >= 4 is 17.6 Å². The summed E-state index contributed by atoms with van der Waals surface area (Å²) in [6.45, 7) is 0. The number of nitrogens with one attached hydrogen (secondary N) is 2. The van der Waals surface area contributed by atoms with Gasteiger partial charge in [0.2, 0.25) is 5.91 Å². The van der Waals surface area contributed by atoms with E-state index in [-0.39, 0.29) is 12.3 Å². The fourth-order valence-electron chi connectivity index (χ4n) is 2.29. The number of hydrogen-bond donors (Lipinski definition) is 2. The molecule has 0 aliphatic carbocycles. The molecule has 2 aromatic carbocycles. The molecule has 0 bridgehead atoms. The molecule has 0 aliphatic rings. The van der Waals surface area contributed by atoms with Gasteiger partial charge in [-0.1, -0.05) is 36.4 Å². The van der Waals surface area contributed by atoms with Gasteiger partial charge in [-0.15, -0.1) is 0 Å². The lowest BCUT2D eigenvalue weighted by Crippen LogP contribution is -2.36. The van der Waals surface area contributed by atoms with Crippen molar-refractivity contribution in [3.63, 3.8) is 0 Å². The molecule has 0 saturated carbocycles. The van der Waals surface area contributed by atoms with Gasteiger partial charge in [-0.2, -0.15) is 5.26 Å². The van der Waals surface area contributed by atoms with Gasteiger partial charge >= 0.3 is 6.03 Å². The maximum atomic E-state index is 12.3. The molecule has 0 aliphatic heterocycles. The van der Waals surface area contributed by atoms with Gasteiger partial charge in [0.25, 0.3) is 0 Å². The first-order chi connectivity index (χ1) is 12.0. The van der Waals surface area contributed by atoms with Crippen LogP contribution in [-0.4, -0.2) is 30.9 Å². The van der Waals surface area contributed by atoms with E-state index in [4.69, 9.17) is 5.26 Å². The first-order valence-electron chi connectivity index (χ1n) is 7.82. The highest BCUT2D eigenvalue weighted by molar-refractivity contribution is 5.90. The molecule has 0 heterocycles. The van der Waals surface area contributed by atoms with Crippen molar-refractivity contribution in [1.82, 2.24) is 10.2 Å². The molecule has 3 amide bonds.